The van der Waals surface area contributed by atoms with E-state index in [9.17, 15) is 0 Å². The molecule has 1 rings (SSSR count). The predicted octanol–water partition coefficient (Wildman–Crippen LogP) is 6.13. The van der Waals surface area contributed by atoms with Gasteiger partial charge in [0.05, 0.1) is 0 Å². The van der Waals surface area contributed by atoms with Crippen LogP contribution < -0.4 is 0 Å². The first kappa shape index (κ1) is 15.0. The van der Waals surface area contributed by atoms with Gasteiger partial charge >= 0.3 is 0 Å². The lowest BCUT2D eigenvalue weighted by Crippen LogP contribution is -1.87. The number of hydrogen-bond donors (Lipinski definition) is 0. The van der Waals surface area contributed by atoms with Crippen molar-refractivity contribution in [1.82, 2.24) is 0 Å². The molecule has 0 aromatic carbocycles. The topological polar surface area (TPSA) is 0 Å². The number of rotatable bonds is 5. The maximum atomic E-state index is 4.20. The molecule has 0 bridgehead atoms. The van der Waals surface area contributed by atoms with Crippen molar-refractivity contribution >= 4 is 0 Å². The van der Waals surface area contributed by atoms with Crippen LogP contribution in [0.5, 0.6) is 0 Å². The average molecular weight is 244 g/mol. The van der Waals surface area contributed by atoms with Gasteiger partial charge in [-0.05, 0) is 69.4 Å². The zero-order valence-electron chi connectivity index (χ0n) is 12.0. The highest BCUT2D eigenvalue weighted by Crippen LogP contribution is 2.22. The van der Waals surface area contributed by atoms with Crippen LogP contribution in [0, 0.1) is 0 Å². The summed E-state index contributed by atoms with van der Waals surface area (Å²) in [5.74, 6) is 0. The van der Waals surface area contributed by atoms with E-state index < -0.39 is 0 Å². The molecule has 0 saturated heterocycles. The SMILES string of the molecule is C=C1C=CCCCCCC1=CCCCCC=CC. The molecule has 0 aromatic rings. The summed E-state index contributed by atoms with van der Waals surface area (Å²) in [6.07, 6.45) is 22.8. The van der Waals surface area contributed by atoms with Crippen LogP contribution in [0.1, 0.15) is 64.7 Å². The van der Waals surface area contributed by atoms with Gasteiger partial charge in [-0.2, -0.15) is 0 Å². The molecule has 0 nitrogen and oxygen atoms in total. The van der Waals surface area contributed by atoms with Crippen LogP contribution in [0.2, 0.25) is 0 Å². The van der Waals surface area contributed by atoms with Crippen molar-refractivity contribution in [3.05, 3.63) is 48.1 Å². The maximum absolute atomic E-state index is 4.20. The molecular formula is C18H28. The Balaban J connectivity index is 2.37. The lowest BCUT2D eigenvalue weighted by atomic mass is 9.99. The van der Waals surface area contributed by atoms with E-state index in [1.54, 1.807) is 0 Å². The zero-order valence-corrected chi connectivity index (χ0v) is 12.0. The van der Waals surface area contributed by atoms with Gasteiger partial charge in [0.25, 0.3) is 0 Å². The second-order valence-electron chi connectivity index (χ2n) is 5.11. The van der Waals surface area contributed by atoms with Gasteiger partial charge in [-0.15, -0.1) is 0 Å². The van der Waals surface area contributed by atoms with Gasteiger partial charge in [0.15, 0.2) is 0 Å². The summed E-state index contributed by atoms with van der Waals surface area (Å²) >= 11 is 0. The quantitative estimate of drug-likeness (QED) is 0.403. The van der Waals surface area contributed by atoms with E-state index in [0.717, 1.165) is 0 Å². The highest BCUT2D eigenvalue weighted by atomic mass is 14.1. The lowest BCUT2D eigenvalue weighted by molar-refractivity contribution is 0.687. The molecule has 0 heteroatoms. The summed E-state index contributed by atoms with van der Waals surface area (Å²) in [6, 6.07) is 0. The third kappa shape index (κ3) is 6.64. The number of unbranched alkanes of at least 4 members (excludes halogenated alkanes) is 3. The Kier molecular flexibility index (Phi) is 8.29. The van der Waals surface area contributed by atoms with Gasteiger partial charge in [-0.3, -0.25) is 0 Å². The first-order chi connectivity index (χ1) is 8.84. The molecular weight excluding hydrogens is 216 g/mol. The molecule has 0 radical (unpaired) electrons. The first-order valence-corrected chi connectivity index (χ1v) is 7.50. The molecule has 0 aromatic heterocycles. The summed E-state index contributed by atoms with van der Waals surface area (Å²) < 4.78 is 0. The second-order valence-corrected chi connectivity index (χ2v) is 5.11. The predicted molar refractivity (Wildman–Crippen MR) is 82.7 cm³/mol. The van der Waals surface area contributed by atoms with Crippen molar-refractivity contribution < 1.29 is 0 Å². The van der Waals surface area contributed by atoms with Crippen LogP contribution in [0.3, 0.4) is 0 Å². The fourth-order valence-electron chi connectivity index (χ4n) is 2.33. The molecule has 0 aliphatic heterocycles. The number of hydrogen-bond acceptors (Lipinski definition) is 0. The monoisotopic (exact) mass is 244 g/mol. The third-order valence-corrected chi connectivity index (χ3v) is 3.50. The van der Waals surface area contributed by atoms with Gasteiger partial charge in [0.2, 0.25) is 0 Å². The van der Waals surface area contributed by atoms with Gasteiger partial charge in [0.1, 0.15) is 0 Å². The van der Waals surface area contributed by atoms with Crippen molar-refractivity contribution in [2.24, 2.45) is 0 Å². The minimum atomic E-state index is 1.21. The standard InChI is InChI=1S/C18H28/c1-3-4-5-6-9-12-15-18-16-13-10-7-8-11-14-17(18)2/h3-4,11,14-15H,2,5-10,12-13,16H2,1H3. The van der Waals surface area contributed by atoms with Crippen molar-refractivity contribution in [3.8, 4) is 0 Å². The fourth-order valence-corrected chi connectivity index (χ4v) is 2.33. The molecule has 0 spiro atoms. The van der Waals surface area contributed by atoms with E-state index in [0.29, 0.717) is 0 Å². The van der Waals surface area contributed by atoms with E-state index >= 15 is 0 Å². The van der Waals surface area contributed by atoms with Crippen molar-refractivity contribution in [2.45, 2.75) is 64.7 Å². The summed E-state index contributed by atoms with van der Waals surface area (Å²) in [7, 11) is 0. The highest BCUT2D eigenvalue weighted by Gasteiger charge is 2.02. The largest absolute Gasteiger partial charge is 0.0917 e. The molecule has 0 unspecified atom stereocenters. The average Bonchev–Trinajstić information content (AvgIpc) is 2.47. The molecule has 0 N–H and O–H groups in total. The highest BCUT2D eigenvalue weighted by molar-refractivity contribution is 5.37. The van der Waals surface area contributed by atoms with Gasteiger partial charge < -0.3 is 0 Å². The van der Waals surface area contributed by atoms with Gasteiger partial charge in [-0.25, -0.2) is 0 Å². The smallest absolute Gasteiger partial charge is 0.0276 e. The van der Waals surface area contributed by atoms with Crippen LogP contribution in [-0.4, -0.2) is 0 Å². The van der Waals surface area contributed by atoms with E-state index in [2.05, 4.69) is 43.9 Å². The van der Waals surface area contributed by atoms with E-state index in [-0.39, 0.29) is 0 Å². The molecule has 1 aliphatic rings. The molecule has 0 saturated carbocycles. The van der Waals surface area contributed by atoms with Crippen LogP contribution in [-0.2, 0) is 0 Å². The zero-order chi connectivity index (χ0) is 13.1. The maximum Gasteiger partial charge on any atom is -0.0276 e. The molecule has 0 heterocycles. The molecule has 0 fully saturated rings. The first-order valence-electron chi connectivity index (χ1n) is 7.50. The summed E-state index contributed by atoms with van der Waals surface area (Å²) in [5.41, 5.74) is 2.73. The van der Waals surface area contributed by atoms with E-state index in [1.807, 2.05) is 0 Å². The summed E-state index contributed by atoms with van der Waals surface area (Å²) in [4.78, 5) is 0. The van der Waals surface area contributed by atoms with Crippen LogP contribution >= 0.6 is 0 Å². The Morgan fingerprint density at radius 1 is 1.17 bits per heavy atom. The Labute approximate surface area is 113 Å². The van der Waals surface area contributed by atoms with Crippen molar-refractivity contribution in [2.75, 3.05) is 0 Å². The van der Waals surface area contributed by atoms with Gasteiger partial charge in [-0.1, -0.05) is 43.4 Å². The summed E-state index contributed by atoms with van der Waals surface area (Å²) in [5, 5.41) is 0. The van der Waals surface area contributed by atoms with Gasteiger partial charge in [0, 0.05) is 0 Å². The summed E-state index contributed by atoms with van der Waals surface area (Å²) in [6.45, 7) is 6.29. The minimum Gasteiger partial charge on any atom is -0.0917 e. The van der Waals surface area contributed by atoms with Crippen LogP contribution in [0.4, 0.5) is 0 Å². The minimum absolute atomic E-state index is 1.21. The normalized spacial score (nSPS) is 20.1. The Bertz CT molecular complexity index is 315. The molecule has 0 amide bonds. The third-order valence-electron chi connectivity index (χ3n) is 3.50. The lowest BCUT2D eigenvalue weighted by Gasteiger charge is -2.06. The Morgan fingerprint density at radius 3 is 2.83 bits per heavy atom. The van der Waals surface area contributed by atoms with Crippen LogP contribution in [0.25, 0.3) is 0 Å². The fraction of sp³-hybridized carbons (Fsp3) is 0.556. The van der Waals surface area contributed by atoms with Crippen LogP contribution in [0.15, 0.2) is 48.1 Å². The molecule has 0 atom stereocenters. The molecule has 1 aliphatic carbocycles. The number of allylic oxidation sites excluding steroid dienone is 7. The molecule has 18 heavy (non-hydrogen) atoms. The van der Waals surface area contributed by atoms with Crippen molar-refractivity contribution in [3.63, 3.8) is 0 Å². The second kappa shape index (κ2) is 9.94. The Morgan fingerprint density at radius 2 is 2.00 bits per heavy atom. The Hall–Kier alpha value is -1.04. The van der Waals surface area contributed by atoms with E-state index in [4.69, 9.17) is 0 Å². The molecule has 100 valence electrons. The van der Waals surface area contributed by atoms with Crippen molar-refractivity contribution in [1.29, 1.82) is 0 Å². The van der Waals surface area contributed by atoms with E-state index in [1.165, 1.54) is 68.9 Å².